The van der Waals surface area contributed by atoms with Crippen LogP contribution in [0.1, 0.15) is 17.3 Å². The topological polar surface area (TPSA) is 72.6 Å². The van der Waals surface area contributed by atoms with Crippen molar-refractivity contribution >= 4 is 11.7 Å². The van der Waals surface area contributed by atoms with Gasteiger partial charge < -0.3 is 10.5 Å². The summed E-state index contributed by atoms with van der Waals surface area (Å²) in [6, 6.07) is 6.88. The maximum atomic E-state index is 12.0. The zero-order valence-electron chi connectivity index (χ0n) is 10.7. The van der Waals surface area contributed by atoms with Gasteiger partial charge in [0.15, 0.2) is 5.78 Å². The van der Waals surface area contributed by atoms with Crippen LogP contribution in [-0.4, -0.2) is 43.3 Å². The van der Waals surface area contributed by atoms with Gasteiger partial charge in [0.25, 0.3) is 0 Å². The summed E-state index contributed by atoms with van der Waals surface area (Å²) >= 11 is 0. The van der Waals surface area contributed by atoms with Gasteiger partial charge in [-0.3, -0.25) is 14.5 Å². The van der Waals surface area contributed by atoms with E-state index in [1.165, 1.54) is 0 Å². The Bertz CT molecular complexity index is 415. The molecule has 0 bridgehead atoms. The Hall–Kier alpha value is -1.88. The molecule has 0 unspecified atom stereocenters. The summed E-state index contributed by atoms with van der Waals surface area (Å²) in [7, 11) is 1.57. The molecule has 98 valence electrons. The third-order valence-corrected chi connectivity index (χ3v) is 2.61. The number of hydrogen-bond acceptors (Lipinski definition) is 4. The highest BCUT2D eigenvalue weighted by Gasteiger charge is 2.12. The number of ketones is 1. The van der Waals surface area contributed by atoms with Crippen molar-refractivity contribution in [2.24, 2.45) is 5.73 Å². The van der Waals surface area contributed by atoms with Gasteiger partial charge in [0.1, 0.15) is 5.75 Å². The number of benzene rings is 1. The van der Waals surface area contributed by atoms with Crippen LogP contribution in [0.5, 0.6) is 5.75 Å². The molecule has 1 amide bonds. The number of carbonyl (C=O) groups is 2. The molecule has 0 radical (unpaired) electrons. The van der Waals surface area contributed by atoms with Crippen molar-refractivity contribution < 1.29 is 14.3 Å². The maximum Gasteiger partial charge on any atom is 0.231 e. The van der Waals surface area contributed by atoms with Gasteiger partial charge in [-0.1, -0.05) is 6.92 Å². The molecule has 18 heavy (non-hydrogen) atoms. The normalized spacial score (nSPS) is 10.4. The highest BCUT2D eigenvalue weighted by molar-refractivity contribution is 5.97. The predicted octanol–water partition coefficient (Wildman–Crippen LogP) is 0.685. The molecule has 1 rings (SSSR count). The van der Waals surface area contributed by atoms with Crippen LogP contribution in [-0.2, 0) is 4.79 Å². The minimum Gasteiger partial charge on any atom is -0.497 e. The molecule has 0 fully saturated rings. The lowest BCUT2D eigenvalue weighted by molar-refractivity contribution is -0.118. The van der Waals surface area contributed by atoms with Gasteiger partial charge in [0, 0.05) is 5.56 Å². The van der Waals surface area contributed by atoms with Crippen molar-refractivity contribution in [3.63, 3.8) is 0 Å². The lowest BCUT2D eigenvalue weighted by Crippen LogP contribution is -2.37. The van der Waals surface area contributed by atoms with E-state index in [2.05, 4.69) is 0 Å². The molecule has 0 aliphatic rings. The average Bonchev–Trinajstić information content (AvgIpc) is 2.37. The number of hydrogen-bond donors (Lipinski definition) is 1. The van der Waals surface area contributed by atoms with Crippen LogP contribution in [0, 0.1) is 0 Å². The summed E-state index contributed by atoms with van der Waals surface area (Å²) in [6.45, 7) is 2.76. The summed E-state index contributed by atoms with van der Waals surface area (Å²) in [5.41, 5.74) is 5.71. The van der Waals surface area contributed by atoms with Crippen LogP contribution in [0.25, 0.3) is 0 Å². The molecule has 0 saturated carbocycles. The molecule has 0 heterocycles. The van der Waals surface area contributed by atoms with E-state index in [-0.39, 0.29) is 18.9 Å². The van der Waals surface area contributed by atoms with Crippen LogP contribution in [0.2, 0.25) is 0 Å². The number of nitrogens with zero attached hydrogens (tertiary/aromatic N) is 1. The van der Waals surface area contributed by atoms with E-state index in [0.717, 1.165) is 0 Å². The van der Waals surface area contributed by atoms with Gasteiger partial charge in [-0.15, -0.1) is 0 Å². The molecule has 1 aromatic carbocycles. The Balaban J connectivity index is 2.65. The number of rotatable bonds is 7. The standard InChI is InChI=1S/C13H18N2O3/c1-3-15(9-13(14)17)8-12(16)10-4-6-11(18-2)7-5-10/h4-7H,3,8-9H2,1-2H3,(H2,14,17). The number of amides is 1. The van der Waals surface area contributed by atoms with Crippen molar-refractivity contribution in [3.05, 3.63) is 29.8 Å². The number of methoxy groups -OCH3 is 1. The Labute approximate surface area is 107 Å². The lowest BCUT2D eigenvalue weighted by Gasteiger charge is -2.17. The summed E-state index contributed by atoms with van der Waals surface area (Å²) in [5, 5.41) is 0. The SMILES string of the molecule is CCN(CC(N)=O)CC(=O)c1ccc(OC)cc1. The largest absolute Gasteiger partial charge is 0.497 e. The van der Waals surface area contributed by atoms with Crippen molar-refractivity contribution in [2.75, 3.05) is 26.7 Å². The molecule has 0 aliphatic carbocycles. The summed E-state index contributed by atoms with van der Waals surface area (Å²) in [5.74, 6) is 0.233. The van der Waals surface area contributed by atoms with Crippen LogP contribution in [0.3, 0.4) is 0 Å². The second-order valence-electron chi connectivity index (χ2n) is 3.92. The zero-order valence-corrected chi connectivity index (χ0v) is 10.7. The lowest BCUT2D eigenvalue weighted by atomic mass is 10.1. The molecule has 1 aromatic rings. The Kier molecular flexibility index (Phi) is 5.32. The molecule has 5 nitrogen and oxygen atoms in total. The Morgan fingerprint density at radius 1 is 1.22 bits per heavy atom. The number of likely N-dealkylation sites (N-methyl/N-ethyl adjacent to an activating group) is 1. The fourth-order valence-corrected chi connectivity index (χ4v) is 1.57. The van der Waals surface area contributed by atoms with Crippen LogP contribution in [0.4, 0.5) is 0 Å². The fourth-order valence-electron chi connectivity index (χ4n) is 1.57. The van der Waals surface area contributed by atoms with Crippen LogP contribution >= 0.6 is 0 Å². The smallest absolute Gasteiger partial charge is 0.231 e. The monoisotopic (exact) mass is 250 g/mol. The van der Waals surface area contributed by atoms with Crippen molar-refractivity contribution in [3.8, 4) is 5.75 Å². The van der Waals surface area contributed by atoms with Crippen molar-refractivity contribution in [1.29, 1.82) is 0 Å². The number of ether oxygens (including phenoxy) is 1. The number of nitrogens with two attached hydrogens (primary N) is 1. The highest BCUT2D eigenvalue weighted by atomic mass is 16.5. The molecular weight excluding hydrogens is 232 g/mol. The maximum absolute atomic E-state index is 12.0. The predicted molar refractivity (Wildman–Crippen MR) is 68.6 cm³/mol. The van der Waals surface area contributed by atoms with Gasteiger partial charge in [-0.25, -0.2) is 0 Å². The molecule has 2 N–H and O–H groups in total. The molecule has 5 heteroatoms. The Morgan fingerprint density at radius 3 is 2.28 bits per heavy atom. The van der Waals surface area contributed by atoms with Gasteiger partial charge >= 0.3 is 0 Å². The molecule has 0 aliphatic heterocycles. The quantitative estimate of drug-likeness (QED) is 0.722. The van der Waals surface area contributed by atoms with E-state index in [1.54, 1.807) is 36.3 Å². The first-order valence-corrected chi connectivity index (χ1v) is 5.74. The minimum absolute atomic E-state index is 0.0410. The molecule has 0 atom stereocenters. The van der Waals surface area contributed by atoms with E-state index < -0.39 is 5.91 Å². The van der Waals surface area contributed by atoms with E-state index in [0.29, 0.717) is 17.9 Å². The minimum atomic E-state index is -0.431. The zero-order chi connectivity index (χ0) is 13.5. The van der Waals surface area contributed by atoms with E-state index >= 15 is 0 Å². The summed E-state index contributed by atoms with van der Waals surface area (Å²) < 4.78 is 5.02. The molecule has 0 aromatic heterocycles. The third kappa shape index (κ3) is 4.18. The molecular formula is C13H18N2O3. The van der Waals surface area contributed by atoms with Crippen LogP contribution in [0.15, 0.2) is 24.3 Å². The third-order valence-electron chi connectivity index (χ3n) is 2.61. The first kappa shape index (κ1) is 14.2. The first-order chi connectivity index (χ1) is 8.56. The molecule has 0 saturated heterocycles. The number of primary amides is 1. The van der Waals surface area contributed by atoms with Gasteiger partial charge in [-0.2, -0.15) is 0 Å². The Morgan fingerprint density at radius 2 is 1.83 bits per heavy atom. The highest BCUT2D eigenvalue weighted by Crippen LogP contribution is 2.12. The second kappa shape index (κ2) is 6.76. The molecule has 0 spiro atoms. The van der Waals surface area contributed by atoms with Crippen molar-refractivity contribution in [1.82, 2.24) is 4.90 Å². The van der Waals surface area contributed by atoms with Gasteiger partial charge in [0.2, 0.25) is 5.91 Å². The van der Waals surface area contributed by atoms with Crippen molar-refractivity contribution in [2.45, 2.75) is 6.92 Å². The van der Waals surface area contributed by atoms with E-state index in [4.69, 9.17) is 10.5 Å². The summed E-state index contributed by atoms with van der Waals surface area (Å²) in [4.78, 5) is 24.5. The van der Waals surface area contributed by atoms with E-state index in [1.807, 2.05) is 6.92 Å². The number of Topliss-reactive ketones (excluding diaryl/α,β-unsaturated/α-hetero) is 1. The first-order valence-electron chi connectivity index (χ1n) is 5.74. The van der Waals surface area contributed by atoms with E-state index in [9.17, 15) is 9.59 Å². The summed E-state index contributed by atoms with van der Waals surface area (Å²) in [6.07, 6.45) is 0. The van der Waals surface area contributed by atoms with Gasteiger partial charge in [-0.05, 0) is 30.8 Å². The number of carbonyl (C=O) groups excluding carboxylic acids is 2. The fraction of sp³-hybridized carbons (Fsp3) is 0.385. The second-order valence-corrected chi connectivity index (χ2v) is 3.92. The average molecular weight is 250 g/mol. The van der Waals surface area contributed by atoms with Crippen LogP contribution < -0.4 is 10.5 Å². The van der Waals surface area contributed by atoms with Gasteiger partial charge in [0.05, 0.1) is 20.2 Å².